The Morgan fingerprint density at radius 1 is 1.12 bits per heavy atom. The van der Waals surface area contributed by atoms with Crippen LogP contribution in [0, 0.1) is 24.2 Å². The number of carbonyl (C=O) groups is 4. The lowest BCUT2D eigenvalue weighted by Crippen LogP contribution is -2.60. The summed E-state index contributed by atoms with van der Waals surface area (Å²) >= 11 is 0. The number of imidazole rings is 1. The van der Waals surface area contributed by atoms with Gasteiger partial charge in [0.1, 0.15) is 41.4 Å². The molecule has 1 aromatic carbocycles. The molecule has 3 aromatic rings. The number of para-hydroxylation sites is 1. The molecule has 8 rings (SSSR count). The van der Waals surface area contributed by atoms with E-state index in [-0.39, 0.29) is 31.4 Å². The van der Waals surface area contributed by atoms with E-state index in [9.17, 15) is 27.6 Å². The Labute approximate surface area is 387 Å². The van der Waals surface area contributed by atoms with E-state index >= 15 is 0 Å². The minimum atomic E-state index is -4.02. The summed E-state index contributed by atoms with van der Waals surface area (Å²) in [7, 11) is -1.97. The molecule has 4 heterocycles. The molecule has 17 nitrogen and oxygen atoms in total. The zero-order valence-corrected chi connectivity index (χ0v) is 39.9. The number of aryl methyl sites for hydroxylation is 1. The van der Waals surface area contributed by atoms with Gasteiger partial charge < -0.3 is 34.7 Å². The number of pyridine rings is 1. The second kappa shape index (κ2) is 18.5. The number of ether oxygens (including phenoxy) is 3. The van der Waals surface area contributed by atoms with Gasteiger partial charge in [0.05, 0.1) is 35.5 Å². The quantitative estimate of drug-likeness (QED) is 0.128. The molecule has 18 heteroatoms. The zero-order chi connectivity index (χ0) is 47.2. The van der Waals surface area contributed by atoms with Gasteiger partial charge in [0.25, 0.3) is 5.91 Å². The van der Waals surface area contributed by atoms with Crippen molar-refractivity contribution in [2.24, 2.45) is 17.3 Å². The normalized spacial score (nSPS) is 27.5. The lowest BCUT2D eigenvalue weighted by Gasteiger charge is -2.35. The summed E-state index contributed by atoms with van der Waals surface area (Å²) in [5, 5.41) is 6.56. The van der Waals surface area contributed by atoms with Crippen LogP contribution in [-0.2, 0) is 42.1 Å². The fraction of sp³-hybridized carbons (Fsp3) is 0.625. The summed E-state index contributed by atoms with van der Waals surface area (Å²) in [6.45, 7) is 14.7. The van der Waals surface area contributed by atoms with Crippen molar-refractivity contribution in [3.63, 3.8) is 0 Å². The monoisotopic (exact) mass is 930 g/mol. The van der Waals surface area contributed by atoms with Crippen molar-refractivity contribution in [3.8, 4) is 11.6 Å². The number of nitrogens with zero attached hydrogens (tertiary/aromatic N) is 4. The van der Waals surface area contributed by atoms with Crippen LogP contribution in [0.5, 0.6) is 11.6 Å². The molecule has 1 saturated heterocycles. The van der Waals surface area contributed by atoms with Gasteiger partial charge in [0.15, 0.2) is 0 Å². The lowest BCUT2D eigenvalue weighted by molar-refractivity contribution is -0.142. The second-order valence-electron chi connectivity index (χ2n) is 20.6. The van der Waals surface area contributed by atoms with E-state index in [0.717, 1.165) is 67.5 Å². The Kier molecular flexibility index (Phi) is 13.2. The molecule has 0 spiro atoms. The number of carbonyl (C=O) groups excluding carboxylic acids is 4. The van der Waals surface area contributed by atoms with Gasteiger partial charge in [-0.25, -0.2) is 23.2 Å². The fourth-order valence-corrected chi connectivity index (χ4v) is 10.7. The first-order chi connectivity index (χ1) is 31.3. The summed E-state index contributed by atoms with van der Waals surface area (Å²) in [6, 6.07) is 5.49. The van der Waals surface area contributed by atoms with Gasteiger partial charge in [-0.3, -0.25) is 24.0 Å². The largest absolute Gasteiger partial charge is 0.492 e. The predicted molar refractivity (Wildman–Crippen MR) is 247 cm³/mol. The number of rotatable bonds is 13. The van der Waals surface area contributed by atoms with Gasteiger partial charge >= 0.3 is 6.09 Å². The molecule has 2 bridgehead atoms. The van der Waals surface area contributed by atoms with Crippen molar-refractivity contribution in [1.29, 1.82) is 0 Å². The third-order valence-electron chi connectivity index (χ3n) is 14.0. The van der Waals surface area contributed by atoms with Gasteiger partial charge in [-0.05, 0) is 95.7 Å². The number of H-pyrrole nitrogens is 1. The second-order valence-corrected chi connectivity index (χ2v) is 22.7. The Morgan fingerprint density at radius 2 is 1.89 bits per heavy atom. The lowest BCUT2D eigenvalue weighted by atomic mass is 9.85. The number of nitrogens with one attached hydrogen (secondary N) is 4. The number of aromatic amines is 1. The van der Waals surface area contributed by atoms with Crippen LogP contribution in [0.2, 0.25) is 0 Å². The maximum atomic E-state index is 14.9. The number of alkyl carbamates (subject to hydrolysis) is 1. The molecule has 2 aromatic heterocycles. The number of fused-ring (bicyclic) bond motifs is 5. The van der Waals surface area contributed by atoms with Crippen LogP contribution in [0.4, 0.5) is 4.79 Å². The molecule has 3 aliphatic carbocycles. The standard InChI is InChI=1S/C48H66N8O9S/c1-8-31-25-48(31,44(59)54-66(61,62)47(6)19-20-47)53-41(57)36-24-32-27-56(36)43(58)40(46(3,4)5)52-45(60)65-37-23-30(37)15-10-9-11-17-34-39(33-16-12-13-18-35(33)51-42(34)64-32)63-22-14-21-55(7)28-38-49-26-29(2)50-38/h8,12-13,16,18,26,30-32,36-37,40H,1,9-11,14-15,17,19-25,27-28H2,2-7H3,(H,49,50)(H,52,60)(H,53,57)(H,54,59)/t30-,31-,32-,36+,37-,40-,48-/m1/s1. The summed E-state index contributed by atoms with van der Waals surface area (Å²) in [5.41, 5.74) is 0.0858. The SMILES string of the molecule is C=C[C@@H]1C[C@]1(NC(=O)[C@@H]1C[C@@H]2CN1C(=O)[C@H](C(C)(C)C)NC(=O)O[C@@H]1C[C@H]1CCCCCc1c(nc3ccccc3c1OCCCN(C)Cc1ncc(C)[nH]1)O2)C(=O)NS(=O)(=O)C1(C)CC1. The van der Waals surface area contributed by atoms with Crippen molar-refractivity contribution in [1.82, 2.24) is 40.1 Å². The fourth-order valence-electron chi connectivity index (χ4n) is 9.38. The van der Waals surface area contributed by atoms with Gasteiger partial charge in [-0.2, -0.15) is 0 Å². The van der Waals surface area contributed by atoms with Crippen LogP contribution in [0.1, 0.15) is 109 Å². The first-order valence-electron chi connectivity index (χ1n) is 23.5. The minimum Gasteiger partial charge on any atom is -0.492 e. The van der Waals surface area contributed by atoms with E-state index in [2.05, 4.69) is 36.8 Å². The Hall–Kier alpha value is -5.23. The van der Waals surface area contributed by atoms with Crippen molar-refractivity contribution in [2.75, 3.05) is 26.7 Å². The Morgan fingerprint density at radius 3 is 2.59 bits per heavy atom. The molecular formula is C48H66N8O9S. The highest BCUT2D eigenvalue weighted by atomic mass is 32.2. The summed E-state index contributed by atoms with van der Waals surface area (Å²) in [5.74, 6) is -0.399. The van der Waals surface area contributed by atoms with Crippen LogP contribution < -0.4 is 24.8 Å². The summed E-state index contributed by atoms with van der Waals surface area (Å²) < 4.78 is 47.0. The van der Waals surface area contributed by atoms with Crippen molar-refractivity contribution in [3.05, 3.63) is 60.2 Å². The molecular weight excluding hydrogens is 865 g/mol. The number of amides is 4. The number of aromatic nitrogens is 3. The van der Waals surface area contributed by atoms with Crippen molar-refractivity contribution < 1.29 is 41.8 Å². The Balaban J connectivity index is 1.10. The molecule has 66 heavy (non-hydrogen) atoms. The molecule has 5 aliphatic rings. The highest BCUT2D eigenvalue weighted by Crippen LogP contribution is 2.47. The zero-order valence-electron chi connectivity index (χ0n) is 39.1. The topological polar surface area (TPSA) is 214 Å². The molecule has 4 amide bonds. The highest BCUT2D eigenvalue weighted by Gasteiger charge is 2.63. The Bertz CT molecular complexity index is 2470. The van der Waals surface area contributed by atoms with Crippen molar-refractivity contribution >= 4 is 44.7 Å². The molecule has 0 radical (unpaired) electrons. The van der Waals surface area contributed by atoms with Gasteiger partial charge in [0, 0.05) is 36.2 Å². The third kappa shape index (κ3) is 10.2. The smallest absolute Gasteiger partial charge is 0.408 e. The van der Waals surface area contributed by atoms with Crippen molar-refractivity contribution in [2.45, 2.75) is 146 Å². The molecule has 3 saturated carbocycles. The van der Waals surface area contributed by atoms with Crippen LogP contribution in [-0.4, -0.2) is 118 Å². The van der Waals surface area contributed by atoms with Gasteiger partial charge in [0.2, 0.25) is 27.7 Å². The predicted octanol–water partition coefficient (Wildman–Crippen LogP) is 5.22. The first kappa shape index (κ1) is 47.3. The molecule has 4 N–H and O–H groups in total. The number of sulfonamides is 1. The van der Waals surface area contributed by atoms with Crippen LogP contribution in [0.15, 0.2) is 43.1 Å². The van der Waals surface area contributed by atoms with Gasteiger partial charge in [-0.15, -0.1) is 6.58 Å². The van der Waals surface area contributed by atoms with E-state index in [1.807, 2.05) is 65.2 Å². The molecule has 0 unspecified atom stereocenters. The van der Waals surface area contributed by atoms with E-state index in [1.54, 1.807) is 6.92 Å². The number of benzene rings is 1. The number of hydrogen-bond acceptors (Lipinski definition) is 12. The molecule has 2 aliphatic heterocycles. The van der Waals surface area contributed by atoms with E-state index < -0.39 is 73.6 Å². The number of hydrogen-bond donors (Lipinski definition) is 4. The average Bonchev–Trinajstić information content (AvgIpc) is 4.21. The van der Waals surface area contributed by atoms with E-state index in [4.69, 9.17) is 19.2 Å². The maximum Gasteiger partial charge on any atom is 0.408 e. The summed E-state index contributed by atoms with van der Waals surface area (Å²) in [6.07, 6.45) is 8.30. The third-order valence-corrected chi connectivity index (χ3v) is 16.2. The highest BCUT2D eigenvalue weighted by molar-refractivity contribution is 7.91. The van der Waals surface area contributed by atoms with Crippen LogP contribution in [0.3, 0.4) is 0 Å². The first-order valence-corrected chi connectivity index (χ1v) is 25.0. The van der Waals surface area contributed by atoms with Crippen LogP contribution in [0.25, 0.3) is 10.9 Å². The average molecular weight is 931 g/mol. The molecule has 7 atom stereocenters. The van der Waals surface area contributed by atoms with Crippen LogP contribution >= 0.6 is 0 Å². The van der Waals surface area contributed by atoms with Gasteiger partial charge in [-0.1, -0.05) is 51.8 Å². The molecule has 358 valence electrons. The van der Waals surface area contributed by atoms with E-state index in [0.29, 0.717) is 49.6 Å². The maximum absolute atomic E-state index is 14.9. The molecule has 4 fully saturated rings. The van der Waals surface area contributed by atoms with E-state index in [1.165, 1.54) is 11.0 Å². The summed E-state index contributed by atoms with van der Waals surface area (Å²) in [4.78, 5) is 73.3. The minimum absolute atomic E-state index is 0.0150.